The summed E-state index contributed by atoms with van der Waals surface area (Å²) in [5, 5.41) is 11.7. The van der Waals surface area contributed by atoms with E-state index < -0.39 is 35.2 Å². The number of esters is 1. The number of aromatic nitrogens is 3. The highest BCUT2D eigenvalue weighted by Crippen LogP contribution is 2.39. The molecule has 5 aromatic carbocycles. The van der Waals surface area contributed by atoms with E-state index in [2.05, 4.69) is 15.6 Å². The van der Waals surface area contributed by atoms with Gasteiger partial charge in [0.15, 0.2) is 0 Å². The lowest BCUT2D eigenvalue weighted by molar-refractivity contribution is -0.148. The molecule has 0 amide bonds. The first-order chi connectivity index (χ1) is 28.6. The fraction of sp³-hybridized carbons (Fsp3) is 0.239. The molecule has 0 radical (unpaired) electrons. The molecule has 13 heteroatoms. The standard InChI is InChI=1S/C46H43F3N4O6/c1-31-25-40-42(28-39(31)46(47,48)49)53(52-51-40)59-30-58-37-22-19-32(20-23-37)26-41(44(54)57-29-33-21-24-38(55-2)27-43(33)56-3)50-45(34-13-7-4-8-14-34,35-15-9-5-10-16-35)36-17-11-6-12-18-36/h4-24,27-28,31,41,50H,25-26,29-30H2,1-3H3/t31?,41-/m1/s1. The van der Waals surface area contributed by atoms with Crippen LogP contribution in [-0.2, 0) is 34.5 Å². The van der Waals surface area contributed by atoms with Crippen LogP contribution >= 0.6 is 0 Å². The summed E-state index contributed by atoms with van der Waals surface area (Å²) in [7, 11) is 3.11. The minimum Gasteiger partial charge on any atom is -0.497 e. The maximum atomic E-state index is 14.5. The van der Waals surface area contributed by atoms with E-state index >= 15 is 0 Å². The number of hydrogen-bond donors (Lipinski definition) is 1. The van der Waals surface area contributed by atoms with E-state index in [1.807, 2.05) is 103 Å². The maximum Gasteiger partial charge on any atom is 0.413 e. The molecule has 1 heterocycles. The summed E-state index contributed by atoms with van der Waals surface area (Å²) in [5.41, 5.74) is 3.11. The highest BCUT2D eigenvalue weighted by atomic mass is 19.4. The number of carbonyl (C=O) groups excluding carboxylic acids is 1. The first kappa shape index (κ1) is 40.6. The van der Waals surface area contributed by atoms with Gasteiger partial charge in [0.1, 0.15) is 35.6 Å². The normalized spacial score (nSPS) is 14.4. The Morgan fingerprint density at radius 1 is 0.814 bits per heavy atom. The van der Waals surface area contributed by atoms with Gasteiger partial charge in [-0.05, 0) is 70.1 Å². The number of rotatable bonds is 16. The summed E-state index contributed by atoms with van der Waals surface area (Å²) >= 11 is 0. The summed E-state index contributed by atoms with van der Waals surface area (Å²) in [5.74, 6) is 0.319. The van der Waals surface area contributed by atoms with Crippen LogP contribution in [0.2, 0.25) is 0 Å². The first-order valence-electron chi connectivity index (χ1n) is 19.0. The zero-order chi connectivity index (χ0) is 41.4. The molecule has 2 atom stereocenters. The molecule has 1 aliphatic rings. The van der Waals surface area contributed by atoms with E-state index in [-0.39, 0.29) is 31.9 Å². The van der Waals surface area contributed by atoms with Gasteiger partial charge in [0, 0.05) is 23.6 Å². The molecule has 10 nitrogen and oxygen atoms in total. The molecule has 1 unspecified atom stereocenters. The van der Waals surface area contributed by atoms with Gasteiger partial charge in [0.25, 0.3) is 6.79 Å². The molecule has 0 bridgehead atoms. The summed E-state index contributed by atoms with van der Waals surface area (Å²) in [4.78, 5) is 21.0. The third-order valence-electron chi connectivity index (χ3n) is 10.3. The highest BCUT2D eigenvalue weighted by molar-refractivity contribution is 5.77. The van der Waals surface area contributed by atoms with Crippen molar-refractivity contribution in [3.8, 4) is 17.2 Å². The SMILES string of the molecule is COc1ccc(COC(=O)[C@@H](Cc2ccc(OCOn3nnc4c3C=C(C(F)(F)F)C(C)C4)cc2)NC(c2ccccc2)(c2ccccc2)c2ccccc2)c(OC)c1. The van der Waals surface area contributed by atoms with Crippen molar-refractivity contribution < 1.29 is 41.8 Å². The molecule has 0 saturated heterocycles. The van der Waals surface area contributed by atoms with Crippen LogP contribution in [0.4, 0.5) is 13.2 Å². The van der Waals surface area contributed by atoms with Crippen LogP contribution in [0.5, 0.6) is 17.2 Å². The van der Waals surface area contributed by atoms with E-state index in [4.69, 9.17) is 23.8 Å². The Balaban J connectivity index is 1.15. The number of hydrogen-bond acceptors (Lipinski definition) is 9. The Hall–Kier alpha value is -6.60. The number of allylic oxidation sites excluding steroid dienone is 1. The van der Waals surface area contributed by atoms with Gasteiger partial charge in [0.2, 0.25) is 0 Å². The number of carbonyl (C=O) groups is 1. The number of nitrogens with one attached hydrogen (secondary N) is 1. The number of ether oxygens (including phenoxy) is 4. The molecular weight excluding hydrogens is 762 g/mol. The predicted octanol–water partition coefficient (Wildman–Crippen LogP) is 8.13. The Morgan fingerprint density at radius 2 is 1.41 bits per heavy atom. The van der Waals surface area contributed by atoms with Crippen molar-refractivity contribution in [1.29, 1.82) is 0 Å². The molecule has 0 aliphatic heterocycles. The number of halogens is 3. The molecule has 0 spiro atoms. The van der Waals surface area contributed by atoms with Gasteiger partial charge < -0.3 is 23.8 Å². The molecule has 59 heavy (non-hydrogen) atoms. The molecule has 0 saturated carbocycles. The van der Waals surface area contributed by atoms with Crippen LogP contribution in [0.1, 0.15) is 46.1 Å². The first-order valence-corrected chi connectivity index (χ1v) is 19.0. The quantitative estimate of drug-likeness (QED) is 0.0590. The van der Waals surface area contributed by atoms with Crippen molar-refractivity contribution >= 4 is 12.0 Å². The topological polar surface area (TPSA) is 106 Å². The van der Waals surface area contributed by atoms with E-state index in [1.54, 1.807) is 44.6 Å². The van der Waals surface area contributed by atoms with Crippen LogP contribution in [0.25, 0.3) is 6.08 Å². The zero-order valence-electron chi connectivity index (χ0n) is 32.7. The van der Waals surface area contributed by atoms with Gasteiger partial charge in [-0.15, -0.1) is 5.10 Å². The van der Waals surface area contributed by atoms with Crippen molar-refractivity contribution in [1.82, 2.24) is 20.5 Å². The molecular formula is C46H43F3N4O6. The Bertz CT molecular complexity index is 2260. The van der Waals surface area contributed by atoms with Crippen LogP contribution in [-0.4, -0.2) is 54.4 Å². The third kappa shape index (κ3) is 9.10. The molecule has 0 fully saturated rings. The lowest BCUT2D eigenvalue weighted by Crippen LogP contribution is -2.53. The fourth-order valence-corrected chi connectivity index (χ4v) is 7.33. The second-order valence-corrected chi connectivity index (χ2v) is 14.1. The van der Waals surface area contributed by atoms with E-state index in [0.29, 0.717) is 28.5 Å². The Morgan fingerprint density at radius 3 is 1.97 bits per heavy atom. The Kier molecular flexibility index (Phi) is 12.3. The molecule has 304 valence electrons. The van der Waals surface area contributed by atoms with Gasteiger partial charge in [0.05, 0.1) is 25.5 Å². The molecule has 6 aromatic rings. The van der Waals surface area contributed by atoms with Crippen LogP contribution < -0.4 is 24.4 Å². The van der Waals surface area contributed by atoms with Gasteiger partial charge in [-0.2, -0.15) is 13.2 Å². The number of alkyl halides is 3. The van der Waals surface area contributed by atoms with Gasteiger partial charge in [-0.25, -0.2) is 0 Å². The average molecular weight is 805 g/mol. The molecule has 1 N–H and O–H groups in total. The van der Waals surface area contributed by atoms with Crippen LogP contribution in [0.3, 0.4) is 0 Å². The second kappa shape index (κ2) is 17.9. The zero-order valence-corrected chi connectivity index (χ0v) is 32.7. The van der Waals surface area contributed by atoms with Crippen molar-refractivity contribution in [3.05, 3.63) is 178 Å². The fourth-order valence-electron chi connectivity index (χ4n) is 7.33. The molecule has 7 rings (SSSR count). The average Bonchev–Trinajstić information content (AvgIpc) is 3.66. The summed E-state index contributed by atoms with van der Waals surface area (Å²) in [6.07, 6.45) is -3.15. The van der Waals surface area contributed by atoms with Crippen LogP contribution in [0, 0.1) is 5.92 Å². The molecule has 1 aromatic heterocycles. The van der Waals surface area contributed by atoms with Crippen LogP contribution in [0.15, 0.2) is 139 Å². The third-order valence-corrected chi connectivity index (χ3v) is 10.3. The van der Waals surface area contributed by atoms with E-state index in [9.17, 15) is 18.0 Å². The van der Waals surface area contributed by atoms with Gasteiger partial charge >= 0.3 is 12.1 Å². The highest BCUT2D eigenvalue weighted by Gasteiger charge is 2.41. The lowest BCUT2D eigenvalue weighted by Gasteiger charge is -2.39. The number of fused-ring (bicyclic) bond motifs is 1. The number of nitrogens with zero attached hydrogens (tertiary/aromatic N) is 3. The van der Waals surface area contributed by atoms with E-state index in [1.165, 1.54) is 6.92 Å². The smallest absolute Gasteiger partial charge is 0.413 e. The minimum atomic E-state index is -4.48. The predicted molar refractivity (Wildman–Crippen MR) is 215 cm³/mol. The van der Waals surface area contributed by atoms with Crippen molar-refractivity contribution in [2.24, 2.45) is 5.92 Å². The van der Waals surface area contributed by atoms with Gasteiger partial charge in [-0.1, -0.05) is 115 Å². The number of methoxy groups -OCH3 is 2. The minimum absolute atomic E-state index is 0.0483. The van der Waals surface area contributed by atoms with E-state index in [0.717, 1.165) is 33.2 Å². The van der Waals surface area contributed by atoms with Crippen molar-refractivity contribution in [2.45, 2.75) is 44.1 Å². The van der Waals surface area contributed by atoms with Crippen molar-refractivity contribution in [3.63, 3.8) is 0 Å². The Labute approximate surface area is 340 Å². The monoisotopic (exact) mass is 804 g/mol. The van der Waals surface area contributed by atoms with Gasteiger partial charge in [-0.3, -0.25) is 10.1 Å². The number of benzene rings is 5. The summed E-state index contributed by atoms with van der Waals surface area (Å²) < 4.78 is 63.6. The van der Waals surface area contributed by atoms with Crippen molar-refractivity contribution in [2.75, 3.05) is 21.0 Å². The maximum absolute atomic E-state index is 14.5. The largest absolute Gasteiger partial charge is 0.497 e. The lowest BCUT2D eigenvalue weighted by atomic mass is 9.76. The summed E-state index contributed by atoms with van der Waals surface area (Å²) in [6, 6.07) is 41.4. The molecule has 1 aliphatic carbocycles. The summed E-state index contributed by atoms with van der Waals surface area (Å²) in [6.45, 7) is 1.11. The second-order valence-electron chi connectivity index (χ2n) is 14.1.